The van der Waals surface area contributed by atoms with E-state index in [4.69, 9.17) is 9.47 Å². The first-order valence-corrected chi connectivity index (χ1v) is 6.92. The van der Waals surface area contributed by atoms with Crippen LogP contribution in [-0.4, -0.2) is 30.5 Å². The number of ether oxygens (including phenoxy) is 2. The molecule has 1 amide bonds. The number of alkyl carbamates (subject to hydrolysis) is 1. The number of nitrogens with one attached hydrogen (secondary N) is 1. The molecule has 0 aromatic heterocycles. The maximum absolute atomic E-state index is 11.0. The molecule has 0 aliphatic carbocycles. The third-order valence-corrected chi connectivity index (χ3v) is 3.52. The summed E-state index contributed by atoms with van der Waals surface area (Å²) >= 11 is 0. The minimum Gasteiger partial charge on any atom is -0.489 e. The summed E-state index contributed by atoms with van der Waals surface area (Å²) in [6.45, 7) is 2.40. The van der Waals surface area contributed by atoms with E-state index in [1.807, 2.05) is 36.4 Å². The van der Waals surface area contributed by atoms with Gasteiger partial charge in [0, 0.05) is 10.9 Å². The highest BCUT2D eigenvalue weighted by Gasteiger charge is 2.24. The SMILES string of the molecule is C[C@@H](O)c1ccc2ccccc2c1OCC1CNC(=O)O1. The molecule has 0 saturated carbocycles. The second-order valence-corrected chi connectivity index (χ2v) is 5.10. The molecule has 5 heteroatoms. The molecule has 5 nitrogen and oxygen atoms in total. The number of cyclic esters (lactones) is 1. The summed E-state index contributed by atoms with van der Waals surface area (Å²) < 4.78 is 10.9. The second-order valence-electron chi connectivity index (χ2n) is 5.10. The zero-order valence-electron chi connectivity index (χ0n) is 11.7. The van der Waals surface area contributed by atoms with Gasteiger partial charge in [-0.25, -0.2) is 4.79 Å². The van der Waals surface area contributed by atoms with E-state index in [0.29, 0.717) is 12.3 Å². The lowest BCUT2D eigenvalue weighted by atomic mass is 10.0. The smallest absolute Gasteiger partial charge is 0.407 e. The first-order chi connectivity index (χ1) is 10.1. The van der Waals surface area contributed by atoms with Crippen LogP contribution in [0.25, 0.3) is 10.8 Å². The van der Waals surface area contributed by atoms with Crippen LogP contribution in [0.4, 0.5) is 4.79 Å². The first-order valence-electron chi connectivity index (χ1n) is 6.92. The number of amides is 1. The molecule has 1 unspecified atom stereocenters. The number of aliphatic hydroxyl groups is 1. The average Bonchev–Trinajstić information content (AvgIpc) is 2.90. The molecule has 2 aromatic carbocycles. The van der Waals surface area contributed by atoms with E-state index in [-0.39, 0.29) is 12.7 Å². The molecular formula is C16H17NO4. The zero-order valence-corrected chi connectivity index (χ0v) is 11.7. The first kappa shape index (κ1) is 13.7. The number of hydrogen-bond acceptors (Lipinski definition) is 4. The monoisotopic (exact) mass is 287 g/mol. The Morgan fingerprint density at radius 3 is 2.90 bits per heavy atom. The van der Waals surface area contributed by atoms with Crippen LogP contribution in [0.5, 0.6) is 5.75 Å². The molecule has 2 aromatic rings. The van der Waals surface area contributed by atoms with Gasteiger partial charge < -0.3 is 19.9 Å². The van der Waals surface area contributed by atoms with Crippen molar-refractivity contribution < 1.29 is 19.4 Å². The molecule has 0 radical (unpaired) electrons. The van der Waals surface area contributed by atoms with E-state index in [1.165, 1.54) is 0 Å². The lowest BCUT2D eigenvalue weighted by molar-refractivity contribution is 0.103. The van der Waals surface area contributed by atoms with E-state index in [0.717, 1.165) is 16.3 Å². The number of hydrogen-bond donors (Lipinski definition) is 2. The van der Waals surface area contributed by atoms with Crippen LogP contribution in [0.2, 0.25) is 0 Å². The van der Waals surface area contributed by atoms with Crippen molar-refractivity contribution in [1.29, 1.82) is 0 Å². The van der Waals surface area contributed by atoms with Crippen molar-refractivity contribution in [2.75, 3.05) is 13.2 Å². The van der Waals surface area contributed by atoms with Crippen LogP contribution in [0.15, 0.2) is 36.4 Å². The van der Waals surface area contributed by atoms with E-state index < -0.39 is 12.2 Å². The van der Waals surface area contributed by atoms with Crippen LogP contribution in [0.1, 0.15) is 18.6 Å². The molecule has 0 spiro atoms. The Hall–Kier alpha value is -2.27. The molecule has 1 heterocycles. The number of carbonyl (C=O) groups excluding carboxylic acids is 1. The molecule has 21 heavy (non-hydrogen) atoms. The van der Waals surface area contributed by atoms with Gasteiger partial charge in [-0.1, -0.05) is 36.4 Å². The van der Waals surface area contributed by atoms with E-state index >= 15 is 0 Å². The fourth-order valence-corrected chi connectivity index (χ4v) is 2.45. The van der Waals surface area contributed by atoms with E-state index in [1.54, 1.807) is 6.92 Å². The lowest BCUT2D eigenvalue weighted by Gasteiger charge is -2.17. The normalized spacial score (nSPS) is 19.1. The van der Waals surface area contributed by atoms with Gasteiger partial charge in [-0.05, 0) is 12.3 Å². The van der Waals surface area contributed by atoms with Gasteiger partial charge >= 0.3 is 6.09 Å². The molecular weight excluding hydrogens is 270 g/mol. The minimum absolute atomic E-state index is 0.256. The highest BCUT2D eigenvalue weighted by Crippen LogP contribution is 2.33. The largest absolute Gasteiger partial charge is 0.489 e. The standard InChI is InChI=1S/C16H17NO4/c1-10(18)13-7-6-11-4-2-3-5-14(11)15(13)20-9-12-8-17-16(19)21-12/h2-7,10,12,18H,8-9H2,1H3,(H,17,19)/t10-,12?/m1/s1. The maximum Gasteiger partial charge on any atom is 0.407 e. The van der Waals surface area contributed by atoms with Crippen molar-refractivity contribution in [2.24, 2.45) is 0 Å². The van der Waals surface area contributed by atoms with Crippen molar-refractivity contribution in [3.05, 3.63) is 42.0 Å². The zero-order chi connectivity index (χ0) is 14.8. The summed E-state index contributed by atoms with van der Waals surface area (Å²) in [7, 11) is 0. The fraction of sp³-hybridized carbons (Fsp3) is 0.312. The van der Waals surface area contributed by atoms with Crippen LogP contribution < -0.4 is 10.1 Å². The molecule has 1 aliphatic rings. The summed E-state index contributed by atoms with van der Waals surface area (Å²) in [5.74, 6) is 0.644. The van der Waals surface area contributed by atoms with Crippen LogP contribution >= 0.6 is 0 Å². The average molecular weight is 287 g/mol. The molecule has 1 aliphatic heterocycles. The molecule has 0 bridgehead atoms. The highest BCUT2D eigenvalue weighted by molar-refractivity contribution is 5.89. The number of rotatable bonds is 4. The summed E-state index contributed by atoms with van der Waals surface area (Å²) in [6.07, 6.45) is -1.36. The Labute approximate surface area is 122 Å². The quantitative estimate of drug-likeness (QED) is 0.906. The third kappa shape index (κ3) is 2.78. The molecule has 3 rings (SSSR count). The summed E-state index contributed by atoms with van der Waals surface area (Å²) in [5, 5.41) is 14.5. The Balaban J connectivity index is 1.90. The van der Waals surface area contributed by atoms with Gasteiger partial charge in [-0.15, -0.1) is 0 Å². The third-order valence-electron chi connectivity index (χ3n) is 3.52. The van der Waals surface area contributed by atoms with Gasteiger partial charge in [0.1, 0.15) is 12.4 Å². The van der Waals surface area contributed by atoms with Crippen LogP contribution in [-0.2, 0) is 4.74 Å². The minimum atomic E-state index is -0.631. The number of fused-ring (bicyclic) bond motifs is 1. The van der Waals surface area contributed by atoms with Gasteiger partial charge in [0.15, 0.2) is 6.10 Å². The number of aliphatic hydroxyl groups excluding tert-OH is 1. The van der Waals surface area contributed by atoms with Crippen molar-refractivity contribution in [3.8, 4) is 5.75 Å². The summed E-state index contributed by atoms with van der Waals surface area (Å²) in [5.41, 5.74) is 0.728. The molecule has 110 valence electrons. The van der Waals surface area contributed by atoms with Gasteiger partial charge in [0.25, 0.3) is 0 Å². The van der Waals surface area contributed by atoms with Crippen molar-refractivity contribution in [1.82, 2.24) is 5.32 Å². The predicted molar refractivity (Wildman–Crippen MR) is 78.3 cm³/mol. The topological polar surface area (TPSA) is 67.8 Å². The summed E-state index contributed by atoms with van der Waals surface area (Å²) in [4.78, 5) is 11.0. The second kappa shape index (κ2) is 5.61. The molecule has 1 fully saturated rings. The Morgan fingerprint density at radius 1 is 1.38 bits per heavy atom. The Kier molecular flexibility index (Phi) is 3.66. The van der Waals surface area contributed by atoms with Crippen molar-refractivity contribution in [2.45, 2.75) is 19.1 Å². The van der Waals surface area contributed by atoms with E-state index in [2.05, 4.69) is 5.32 Å². The fourth-order valence-electron chi connectivity index (χ4n) is 2.45. The van der Waals surface area contributed by atoms with Gasteiger partial charge in [0.05, 0.1) is 12.6 Å². The maximum atomic E-state index is 11.0. The molecule has 1 saturated heterocycles. The molecule has 2 N–H and O–H groups in total. The van der Waals surface area contributed by atoms with Crippen LogP contribution in [0.3, 0.4) is 0 Å². The predicted octanol–water partition coefficient (Wildman–Crippen LogP) is 2.38. The number of carbonyl (C=O) groups is 1. The van der Waals surface area contributed by atoms with Gasteiger partial charge in [-0.3, -0.25) is 0 Å². The van der Waals surface area contributed by atoms with Crippen molar-refractivity contribution in [3.63, 3.8) is 0 Å². The van der Waals surface area contributed by atoms with E-state index in [9.17, 15) is 9.90 Å². The van der Waals surface area contributed by atoms with Crippen LogP contribution in [0, 0.1) is 0 Å². The van der Waals surface area contributed by atoms with Gasteiger partial charge in [0.2, 0.25) is 0 Å². The van der Waals surface area contributed by atoms with Gasteiger partial charge in [-0.2, -0.15) is 0 Å². The lowest BCUT2D eigenvalue weighted by Crippen LogP contribution is -2.22. The highest BCUT2D eigenvalue weighted by atomic mass is 16.6. The Morgan fingerprint density at radius 2 is 2.19 bits per heavy atom. The van der Waals surface area contributed by atoms with Crippen molar-refractivity contribution >= 4 is 16.9 Å². The Bertz CT molecular complexity index is 668. The number of benzene rings is 2. The molecule has 2 atom stereocenters. The summed E-state index contributed by atoms with van der Waals surface area (Å²) in [6, 6.07) is 11.7.